The molecular weight excluding hydrogens is 211 g/mol. The molecule has 1 aromatic rings. The lowest BCUT2D eigenvalue weighted by atomic mass is 10.2. The van der Waals surface area contributed by atoms with Crippen LogP contribution < -0.4 is 4.74 Å². The molecule has 0 heterocycles. The van der Waals surface area contributed by atoms with Crippen molar-refractivity contribution >= 4 is 17.6 Å². The molecule has 1 aromatic carbocycles. The molecule has 0 saturated carbocycles. The molecule has 76 valence electrons. The smallest absolute Gasteiger partial charge is 0.342 e. The zero-order chi connectivity index (χ0) is 10.7. The Balaban J connectivity index is 3.30. The molecule has 0 aliphatic carbocycles. The highest BCUT2D eigenvalue weighted by Gasteiger charge is 2.19. The van der Waals surface area contributed by atoms with Crippen LogP contribution in [0.2, 0.25) is 5.02 Å². The topological polar surface area (TPSA) is 46.5 Å². The zero-order valence-electron chi connectivity index (χ0n) is 7.38. The van der Waals surface area contributed by atoms with Gasteiger partial charge in [0.05, 0.1) is 11.6 Å². The van der Waals surface area contributed by atoms with Crippen molar-refractivity contribution < 1.29 is 19.0 Å². The molecule has 0 aliphatic heterocycles. The molecule has 0 spiro atoms. The van der Waals surface area contributed by atoms with Crippen molar-refractivity contribution in [2.24, 2.45) is 0 Å². The lowest BCUT2D eigenvalue weighted by Crippen LogP contribution is -2.06. The molecule has 0 saturated heterocycles. The first kappa shape index (κ1) is 10.8. The second-order valence-electron chi connectivity index (χ2n) is 2.47. The number of carboxylic acid groups (broad SMARTS) is 1. The normalized spacial score (nSPS) is 9.93. The van der Waals surface area contributed by atoms with E-state index < -0.39 is 17.3 Å². The van der Waals surface area contributed by atoms with Crippen molar-refractivity contribution in [1.29, 1.82) is 0 Å². The van der Waals surface area contributed by atoms with Crippen LogP contribution in [0.4, 0.5) is 4.39 Å². The van der Waals surface area contributed by atoms with Gasteiger partial charge in [0, 0.05) is 0 Å². The highest BCUT2D eigenvalue weighted by Crippen LogP contribution is 2.27. The molecule has 5 heteroatoms. The number of ether oxygens (including phenoxy) is 1. The first-order valence-corrected chi connectivity index (χ1v) is 4.29. The van der Waals surface area contributed by atoms with E-state index in [2.05, 4.69) is 0 Å². The van der Waals surface area contributed by atoms with Gasteiger partial charge in [-0.05, 0) is 19.1 Å². The van der Waals surface area contributed by atoms with Gasteiger partial charge in [-0.1, -0.05) is 11.6 Å². The van der Waals surface area contributed by atoms with Gasteiger partial charge in [0.2, 0.25) is 0 Å². The molecule has 0 radical (unpaired) electrons. The van der Waals surface area contributed by atoms with Crippen LogP contribution in [0.5, 0.6) is 5.75 Å². The first-order valence-electron chi connectivity index (χ1n) is 3.92. The molecule has 0 aliphatic rings. The van der Waals surface area contributed by atoms with E-state index in [9.17, 15) is 9.18 Å². The minimum absolute atomic E-state index is 0.0121. The molecule has 0 fully saturated rings. The Morgan fingerprint density at radius 2 is 2.29 bits per heavy atom. The standard InChI is InChI=1S/C9H8ClFO3/c1-2-14-6-4-3-5(10)8(11)7(6)9(12)13/h3-4H,2H2,1H3,(H,12,13). The molecule has 0 amide bonds. The lowest BCUT2D eigenvalue weighted by Gasteiger charge is -2.08. The lowest BCUT2D eigenvalue weighted by molar-refractivity contribution is 0.0687. The van der Waals surface area contributed by atoms with Crippen molar-refractivity contribution in [2.75, 3.05) is 6.61 Å². The van der Waals surface area contributed by atoms with Crippen LogP contribution in [0.15, 0.2) is 12.1 Å². The van der Waals surface area contributed by atoms with Crippen LogP contribution >= 0.6 is 11.6 Å². The Bertz CT molecular complexity index is 365. The summed E-state index contributed by atoms with van der Waals surface area (Å²) >= 11 is 5.44. The molecule has 0 atom stereocenters. The van der Waals surface area contributed by atoms with Gasteiger partial charge in [0.1, 0.15) is 11.3 Å². The average molecular weight is 219 g/mol. The highest BCUT2D eigenvalue weighted by molar-refractivity contribution is 6.31. The maximum atomic E-state index is 13.2. The third-order valence-corrected chi connectivity index (χ3v) is 1.86. The molecule has 1 rings (SSSR count). The molecule has 0 aromatic heterocycles. The summed E-state index contributed by atoms with van der Waals surface area (Å²) < 4.78 is 18.2. The maximum Gasteiger partial charge on any atom is 0.342 e. The number of carboxylic acids is 1. The van der Waals surface area contributed by atoms with Crippen LogP contribution in [0.3, 0.4) is 0 Å². The van der Waals surface area contributed by atoms with Crippen molar-refractivity contribution in [3.63, 3.8) is 0 Å². The molecule has 3 nitrogen and oxygen atoms in total. The van der Waals surface area contributed by atoms with Crippen LogP contribution in [0.1, 0.15) is 17.3 Å². The number of hydrogen-bond donors (Lipinski definition) is 1. The molecule has 1 N–H and O–H groups in total. The number of rotatable bonds is 3. The third-order valence-electron chi connectivity index (χ3n) is 1.57. The third kappa shape index (κ3) is 1.96. The second-order valence-corrected chi connectivity index (χ2v) is 2.88. The van der Waals surface area contributed by atoms with E-state index in [1.807, 2.05) is 0 Å². The maximum absolute atomic E-state index is 13.2. The van der Waals surface area contributed by atoms with E-state index in [0.717, 1.165) is 0 Å². The Morgan fingerprint density at radius 3 is 2.79 bits per heavy atom. The SMILES string of the molecule is CCOc1ccc(Cl)c(F)c1C(=O)O. The molecule has 0 bridgehead atoms. The summed E-state index contributed by atoms with van der Waals surface area (Å²) in [6, 6.07) is 2.59. The average Bonchev–Trinajstić information content (AvgIpc) is 2.11. The van der Waals surface area contributed by atoms with Gasteiger partial charge in [0.15, 0.2) is 5.82 Å². The van der Waals surface area contributed by atoms with E-state index >= 15 is 0 Å². The fraction of sp³-hybridized carbons (Fsp3) is 0.222. The van der Waals surface area contributed by atoms with Gasteiger partial charge in [-0.25, -0.2) is 9.18 Å². The summed E-state index contributed by atoms with van der Waals surface area (Å²) in [5.74, 6) is -2.37. The summed E-state index contributed by atoms with van der Waals surface area (Å²) in [7, 11) is 0. The van der Waals surface area contributed by atoms with E-state index in [1.54, 1.807) is 6.92 Å². The van der Waals surface area contributed by atoms with Gasteiger partial charge in [-0.2, -0.15) is 0 Å². The summed E-state index contributed by atoms with van der Waals surface area (Å²) in [6.07, 6.45) is 0. The van der Waals surface area contributed by atoms with E-state index in [0.29, 0.717) is 0 Å². The van der Waals surface area contributed by atoms with Gasteiger partial charge in [-0.3, -0.25) is 0 Å². The van der Waals surface area contributed by atoms with E-state index in [4.69, 9.17) is 21.4 Å². The second kappa shape index (κ2) is 4.28. The van der Waals surface area contributed by atoms with Crippen LogP contribution in [-0.4, -0.2) is 17.7 Å². The zero-order valence-corrected chi connectivity index (χ0v) is 8.14. The van der Waals surface area contributed by atoms with Crippen LogP contribution in [0.25, 0.3) is 0 Å². The minimum Gasteiger partial charge on any atom is -0.493 e. The summed E-state index contributed by atoms with van der Waals surface area (Å²) in [5, 5.41) is 8.49. The fourth-order valence-corrected chi connectivity index (χ4v) is 1.17. The Hall–Kier alpha value is -1.29. The number of carbonyl (C=O) groups is 1. The summed E-state index contributed by atoms with van der Waals surface area (Å²) in [6.45, 7) is 1.94. The number of benzene rings is 1. The Morgan fingerprint density at radius 1 is 1.64 bits per heavy atom. The van der Waals surface area contributed by atoms with E-state index in [1.165, 1.54) is 12.1 Å². The number of aromatic carboxylic acids is 1. The molecule has 14 heavy (non-hydrogen) atoms. The minimum atomic E-state index is -1.39. The van der Waals surface area contributed by atoms with Crippen LogP contribution in [0, 0.1) is 5.82 Å². The Labute approximate surface area is 85.1 Å². The van der Waals surface area contributed by atoms with E-state index in [-0.39, 0.29) is 17.4 Å². The van der Waals surface area contributed by atoms with Crippen molar-refractivity contribution in [3.8, 4) is 5.75 Å². The summed E-state index contributed by atoms with van der Waals surface area (Å²) in [5.41, 5.74) is -0.528. The van der Waals surface area contributed by atoms with Gasteiger partial charge >= 0.3 is 5.97 Å². The Kier molecular flexibility index (Phi) is 3.30. The monoisotopic (exact) mass is 218 g/mol. The summed E-state index contributed by atoms with van der Waals surface area (Å²) in [4.78, 5) is 10.7. The first-order chi connectivity index (χ1) is 6.57. The number of halogens is 2. The quantitative estimate of drug-likeness (QED) is 0.848. The van der Waals surface area contributed by atoms with Gasteiger partial charge < -0.3 is 9.84 Å². The van der Waals surface area contributed by atoms with Crippen molar-refractivity contribution in [2.45, 2.75) is 6.92 Å². The highest BCUT2D eigenvalue weighted by atomic mass is 35.5. The fourth-order valence-electron chi connectivity index (χ4n) is 1.01. The molecular formula is C9H8ClFO3. The van der Waals surface area contributed by atoms with Crippen molar-refractivity contribution in [1.82, 2.24) is 0 Å². The van der Waals surface area contributed by atoms with Crippen molar-refractivity contribution in [3.05, 3.63) is 28.5 Å². The van der Waals surface area contributed by atoms with Gasteiger partial charge in [-0.15, -0.1) is 0 Å². The molecule has 0 unspecified atom stereocenters. The predicted octanol–water partition coefficient (Wildman–Crippen LogP) is 2.58. The van der Waals surface area contributed by atoms with Crippen LogP contribution in [-0.2, 0) is 0 Å². The predicted molar refractivity (Wildman–Crippen MR) is 49.5 cm³/mol. The largest absolute Gasteiger partial charge is 0.493 e. The van der Waals surface area contributed by atoms with Gasteiger partial charge in [0.25, 0.3) is 0 Å². The number of hydrogen-bond acceptors (Lipinski definition) is 2.